The molecule has 2 amide bonds. The van der Waals surface area contributed by atoms with Crippen molar-refractivity contribution in [3.05, 3.63) is 0 Å². The first-order valence-electron chi connectivity index (χ1n) is 2.95. The zero-order chi connectivity index (χ0) is 7.82. The summed E-state index contributed by atoms with van der Waals surface area (Å²) in [6, 6.07) is -0.532. The second-order valence-electron chi connectivity index (χ2n) is 1.56. The second kappa shape index (κ2) is 6.25. The Hall–Kier alpha value is -0.870. The number of halogens is 2. The van der Waals surface area contributed by atoms with Crippen LogP contribution in [0.25, 0.3) is 0 Å². The van der Waals surface area contributed by atoms with E-state index in [0.29, 0.717) is 0 Å². The van der Waals surface area contributed by atoms with Crippen molar-refractivity contribution >= 4 is 6.03 Å². The van der Waals surface area contributed by atoms with E-state index in [9.17, 15) is 13.6 Å². The molecular weight excluding hydrogens is 142 g/mol. The molecule has 0 atom stereocenters. The van der Waals surface area contributed by atoms with Gasteiger partial charge in [-0.05, 0) is 0 Å². The van der Waals surface area contributed by atoms with Crippen LogP contribution in [0.2, 0.25) is 0 Å². The number of hydrogen-bond acceptors (Lipinski definition) is 1. The number of alkyl halides is 2. The van der Waals surface area contributed by atoms with Crippen LogP contribution in [0, 0.1) is 0 Å². The number of amides is 2. The van der Waals surface area contributed by atoms with Crippen LogP contribution >= 0.6 is 0 Å². The lowest BCUT2D eigenvalue weighted by molar-refractivity contribution is 0.238. The normalized spacial score (nSPS) is 9.00. The Kier molecular flexibility index (Phi) is 5.71. The van der Waals surface area contributed by atoms with E-state index in [4.69, 9.17) is 0 Å². The van der Waals surface area contributed by atoms with Gasteiger partial charge in [0.25, 0.3) is 0 Å². The third-order valence-corrected chi connectivity index (χ3v) is 0.760. The van der Waals surface area contributed by atoms with Gasteiger partial charge in [0.2, 0.25) is 0 Å². The van der Waals surface area contributed by atoms with Crippen LogP contribution in [0.5, 0.6) is 0 Å². The van der Waals surface area contributed by atoms with Crippen molar-refractivity contribution in [3.63, 3.8) is 0 Å². The summed E-state index contributed by atoms with van der Waals surface area (Å²) >= 11 is 0. The first-order chi connectivity index (χ1) is 4.81. The van der Waals surface area contributed by atoms with E-state index in [1.54, 1.807) is 0 Å². The SMILES string of the molecule is O=C(NCCF)NCCF. The van der Waals surface area contributed by atoms with Gasteiger partial charge in [-0.15, -0.1) is 0 Å². The fourth-order valence-corrected chi connectivity index (χ4v) is 0.384. The third kappa shape index (κ3) is 5.27. The topological polar surface area (TPSA) is 41.1 Å². The van der Waals surface area contributed by atoms with Gasteiger partial charge in [-0.25, -0.2) is 13.6 Å². The van der Waals surface area contributed by atoms with Crippen LogP contribution in [-0.4, -0.2) is 32.5 Å². The summed E-state index contributed by atoms with van der Waals surface area (Å²) in [5.74, 6) is 0. The predicted octanol–water partition coefficient (Wildman–Crippen LogP) is 0.225. The molecule has 0 spiro atoms. The molecule has 0 radical (unpaired) electrons. The molecule has 0 heterocycles. The second-order valence-corrected chi connectivity index (χ2v) is 1.56. The van der Waals surface area contributed by atoms with Gasteiger partial charge < -0.3 is 10.6 Å². The zero-order valence-corrected chi connectivity index (χ0v) is 5.49. The summed E-state index contributed by atoms with van der Waals surface area (Å²) < 4.78 is 22.7. The van der Waals surface area contributed by atoms with Crippen molar-refractivity contribution in [3.8, 4) is 0 Å². The number of carbonyl (C=O) groups excluding carboxylic acids is 1. The van der Waals surface area contributed by atoms with Crippen LogP contribution in [0.15, 0.2) is 0 Å². The van der Waals surface area contributed by atoms with Gasteiger partial charge in [0.05, 0.1) is 0 Å². The Labute approximate surface area is 57.8 Å². The fraction of sp³-hybridized carbons (Fsp3) is 0.800. The summed E-state index contributed by atoms with van der Waals surface area (Å²) in [4.78, 5) is 10.4. The van der Waals surface area contributed by atoms with Crippen molar-refractivity contribution in [1.29, 1.82) is 0 Å². The van der Waals surface area contributed by atoms with E-state index in [1.807, 2.05) is 0 Å². The molecule has 0 aromatic heterocycles. The quantitative estimate of drug-likeness (QED) is 0.594. The lowest BCUT2D eigenvalue weighted by Crippen LogP contribution is -2.37. The van der Waals surface area contributed by atoms with Gasteiger partial charge in [0.15, 0.2) is 0 Å². The van der Waals surface area contributed by atoms with Crippen molar-refractivity contribution in [2.24, 2.45) is 0 Å². The monoisotopic (exact) mass is 152 g/mol. The Bertz CT molecular complexity index is 89.6. The maximum Gasteiger partial charge on any atom is 0.314 e. The molecule has 0 rings (SSSR count). The first kappa shape index (κ1) is 9.13. The highest BCUT2D eigenvalue weighted by Gasteiger charge is 1.95. The number of urea groups is 1. The number of carbonyl (C=O) groups is 1. The molecule has 0 saturated heterocycles. The Morgan fingerprint density at radius 2 is 1.50 bits per heavy atom. The summed E-state index contributed by atoms with van der Waals surface area (Å²) in [5, 5.41) is 4.35. The van der Waals surface area contributed by atoms with Crippen molar-refractivity contribution in [1.82, 2.24) is 10.6 Å². The minimum atomic E-state index is -0.608. The molecule has 0 saturated carbocycles. The molecule has 0 unspecified atom stereocenters. The van der Waals surface area contributed by atoms with Crippen molar-refractivity contribution in [2.45, 2.75) is 0 Å². The number of rotatable bonds is 4. The molecule has 0 aliphatic carbocycles. The van der Waals surface area contributed by atoms with Gasteiger partial charge in [-0.2, -0.15) is 0 Å². The summed E-state index contributed by atoms with van der Waals surface area (Å²) in [5.41, 5.74) is 0. The average Bonchev–Trinajstić information content (AvgIpc) is 1.97. The highest BCUT2D eigenvalue weighted by atomic mass is 19.1. The average molecular weight is 152 g/mol. The standard InChI is InChI=1S/C5H10F2N2O/c6-1-3-8-5(10)9-4-2-7/h1-4H2,(H2,8,9,10). The summed E-state index contributed by atoms with van der Waals surface area (Å²) in [6.45, 7) is -1.28. The number of hydrogen-bond donors (Lipinski definition) is 2. The highest BCUT2D eigenvalue weighted by Crippen LogP contribution is 1.68. The summed E-state index contributed by atoms with van der Waals surface area (Å²) in [7, 11) is 0. The molecule has 0 aliphatic heterocycles. The zero-order valence-electron chi connectivity index (χ0n) is 5.49. The van der Waals surface area contributed by atoms with Gasteiger partial charge in [-0.1, -0.05) is 0 Å². The first-order valence-corrected chi connectivity index (χ1v) is 2.95. The summed E-state index contributed by atoms with van der Waals surface area (Å²) in [6.07, 6.45) is 0. The smallest absolute Gasteiger partial charge is 0.314 e. The van der Waals surface area contributed by atoms with E-state index in [0.717, 1.165) is 0 Å². The van der Waals surface area contributed by atoms with Crippen LogP contribution in [-0.2, 0) is 0 Å². The van der Waals surface area contributed by atoms with Gasteiger partial charge in [0.1, 0.15) is 13.3 Å². The van der Waals surface area contributed by atoms with Gasteiger partial charge in [0, 0.05) is 13.1 Å². The minimum Gasteiger partial charge on any atom is -0.336 e. The van der Waals surface area contributed by atoms with Crippen molar-refractivity contribution in [2.75, 3.05) is 26.4 Å². The number of nitrogens with one attached hydrogen (secondary N) is 2. The van der Waals surface area contributed by atoms with E-state index < -0.39 is 19.4 Å². The molecule has 10 heavy (non-hydrogen) atoms. The highest BCUT2D eigenvalue weighted by molar-refractivity contribution is 5.73. The molecule has 60 valence electrons. The van der Waals surface area contributed by atoms with Crippen LogP contribution < -0.4 is 10.6 Å². The minimum absolute atomic E-state index is 0.0296. The van der Waals surface area contributed by atoms with Crippen LogP contribution in [0.1, 0.15) is 0 Å². The van der Waals surface area contributed by atoms with Crippen LogP contribution in [0.4, 0.5) is 13.6 Å². The molecule has 0 aromatic carbocycles. The molecule has 0 aliphatic rings. The van der Waals surface area contributed by atoms with Crippen LogP contribution in [0.3, 0.4) is 0 Å². The van der Waals surface area contributed by atoms with E-state index >= 15 is 0 Å². The lowest BCUT2D eigenvalue weighted by Gasteiger charge is -2.01. The molecule has 3 nitrogen and oxygen atoms in total. The van der Waals surface area contributed by atoms with Crippen molar-refractivity contribution < 1.29 is 13.6 Å². The third-order valence-electron chi connectivity index (χ3n) is 0.760. The Morgan fingerprint density at radius 3 is 1.80 bits per heavy atom. The Balaban J connectivity index is 3.09. The molecular formula is C5H10F2N2O. The van der Waals surface area contributed by atoms with Gasteiger partial charge in [-0.3, -0.25) is 0 Å². The molecule has 5 heteroatoms. The fourth-order valence-electron chi connectivity index (χ4n) is 0.384. The predicted molar refractivity (Wildman–Crippen MR) is 33.4 cm³/mol. The van der Waals surface area contributed by atoms with E-state index in [1.165, 1.54) is 0 Å². The van der Waals surface area contributed by atoms with E-state index in [2.05, 4.69) is 10.6 Å². The largest absolute Gasteiger partial charge is 0.336 e. The van der Waals surface area contributed by atoms with E-state index in [-0.39, 0.29) is 13.1 Å². The van der Waals surface area contributed by atoms with Gasteiger partial charge >= 0.3 is 6.03 Å². The molecule has 0 fully saturated rings. The Morgan fingerprint density at radius 1 is 1.10 bits per heavy atom. The molecule has 0 bridgehead atoms. The molecule has 0 aromatic rings. The maximum atomic E-state index is 11.4. The molecule has 2 N–H and O–H groups in total. The maximum absolute atomic E-state index is 11.4. The lowest BCUT2D eigenvalue weighted by atomic mass is 10.6.